The van der Waals surface area contributed by atoms with Gasteiger partial charge in [0.2, 0.25) is 0 Å². The Kier molecular flexibility index (Phi) is 5.50. The SMILES string of the molecule is CNc1nc(-c2scnc2C)cc(NCc2ncn(C)n2)c1C(=N)C(C)C. The lowest BCUT2D eigenvalue weighted by atomic mass is 9.98. The highest BCUT2D eigenvalue weighted by Gasteiger charge is 2.20. The average Bonchev–Trinajstić information content (AvgIpc) is 3.26. The van der Waals surface area contributed by atoms with Crippen molar-refractivity contribution in [2.24, 2.45) is 13.0 Å². The molecule has 0 unspecified atom stereocenters. The Hall–Kier alpha value is -2.81. The second-order valence-corrected chi connectivity index (χ2v) is 7.41. The Morgan fingerprint density at radius 3 is 2.67 bits per heavy atom. The van der Waals surface area contributed by atoms with Crippen LogP contribution in [0.15, 0.2) is 17.9 Å². The Labute approximate surface area is 162 Å². The van der Waals surface area contributed by atoms with Gasteiger partial charge >= 0.3 is 0 Å². The number of rotatable bonds is 7. The second-order valence-electron chi connectivity index (χ2n) is 6.55. The molecule has 0 aliphatic carbocycles. The van der Waals surface area contributed by atoms with E-state index in [9.17, 15) is 0 Å². The van der Waals surface area contributed by atoms with Gasteiger partial charge in [-0.1, -0.05) is 13.8 Å². The van der Waals surface area contributed by atoms with Crippen LogP contribution in [-0.4, -0.2) is 37.5 Å². The zero-order chi connectivity index (χ0) is 19.6. The molecule has 3 aromatic rings. The van der Waals surface area contributed by atoms with Crippen molar-refractivity contribution in [1.82, 2.24) is 24.7 Å². The van der Waals surface area contributed by atoms with Crippen molar-refractivity contribution in [2.75, 3.05) is 17.7 Å². The molecule has 0 spiro atoms. The maximum Gasteiger partial charge on any atom is 0.169 e. The number of aryl methyl sites for hydroxylation is 2. The van der Waals surface area contributed by atoms with E-state index in [1.165, 1.54) is 0 Å². The van der Waals surface area contributed by atoms with Gasteiger partial charge in [0.05, 0.1) is 33.9 Å². The fourth-order valence-electron chi connectivity index (χ4n) is 2.73. The first-order chi connectivity index (χ1) is 12.9. The normalized spacial score (nSPS) is 11.0. The largest absolute Gasteiger partial charge is 0.377 e. The molecule has 0 amide bonds. The van der Waals surface area contributed by atoms with Crippen molar-refractivity contribution in [3.8, 4) is 10.6 Å². The molecule has 0 saturated carbocycles. The lowest BCUT2D eigenvalue weighted by Gasteiger charge is -2.19. The van der Waals surface area contributed by atoms with E-state index in [4.69, 9.17) is 10.4 Å². The molecule has 3 heterocycles. The van der Waals surface area contributed by atoms with E-state index in [1.807, 2.05) is 46.4 Å². The van der Waals surface area contributed by atoms with Gasteiger partial charge in [0.1, 0.15) is 12.1 Å². The molecule has 0 atom stereocenters. The summed E-state index contributed by atoms with van der Waals surface area (Å²) in [5.74, 6) is 1.44. The van der Waals surface area contributed by atoms with E-state index in [0.29, 0.717) is 23.9 Å². The summed E-state index contributed by atoms with van der Waals surface area (Å²) < 4.78 is 1.67. The third kappa shape index (κ3) is 3.97. The molecular weight excluding hydrogens is 360 g/mol. The topological polar surface area (TPSA) is 104 Å². The van der Waals surface area contributed by atoms with Crippen LogP contribution >= 0.6 is 11.3 Å². The second kappa shape index (κ2) is 7.83. The van der Waals surface area contributed by atoms with Crippen molar-refractivity contribution in [3.63, 3.8) is 0 Å². The summed E-state index contributed by atoms with van der Waals surface area (Å²) in [6, 6.07) is 1.98. The first kappa shape index (κ1) is 19.0. The molecule has 0 radical (unpaired) electrons. The lowest BCUT2D eigenvalue weighted by molar-refractivity contribution is 0.747. The molecule has 3 N–H and O–H groups in total. The first-order valence-electron chi connectivity index (χ1n) is 8.71. The summed E-state index contributed by atoms with van der Waals surface area (Å²) in [4.78, 5) is 14.4. The van der Waals surface area contributed by atoms with Crippen molar-refractivity contribution < 1.29 is 0 Å². The summed E-state index contributed by atoms with van der Waals surface area (Å²) in [5.41, 5.74) is 5.73. The van der Waals surface area contributed by atoms with E-state index in [2.05, 4.69) is 25.7 Å². The predicted octanol–water partition coefficient (Wildman–Crippen LogP) is 3.32. The molecule has 0 fully saturated rings. The maximum atomic E-state index is 8.58. The van der Waals surface area contributed by atoms with Crippen LogP contribution in [0.5, 0.6) is 0 Å². The molecule has 3 rings (SSSR count). The fraction of sp³-hybridized carbons (Fsp3) is 0.389. The van der Waals surface area contributed by atoms with Crippen LogP contribution in [-0.2, 0) is 13.6 Å². The molecule has 0 aromatic carbocycles. The summed E-state index contributed by atoms with van der Waals surface area (Å²) in [6.07, 6.45) is 1.67. The van der Waals surface area contributed by atoms with Gasteiger partial charge in [-0.15, -0.1) is 11.3 Å². The van der Waals surface area contributed by atoms with Crippen LogP contribution in [0.25, 0.3) is 10.6 Å². The zero-order valence-electron chi connectivity index (χ0n) is 16.2. The molecule has 142 valence electrons. The van der Waals surface area contributed by atoms with Gasteiger partial charge in [0.25, 0.3) is 0 Å². The minimum Gasteiger partial charge on any atom is -0.377 e. The summed E-state index contributed by atoms with van der Waals surface area (Å²) in [6.45, 7) is 6.45. The maximum absolute atomic E-state index is 8.58. The summed E-state index contributed by atoms with van der Waals surface area (Å²) in [5, 5.41) is 19.4. The Morgan fingerprint density at radius 2 is 2.11 bits per heavy atom. The molecule has 9 heteroatoms. The molecule has 0 saturated heterocycles. The van der Waals surface area contributed by atoms with E-state index in [0.717, 1.165) is 27.5 Å². The summed E-state index contributed by atoms with van der Waals surface area (Å²) >= 11 is 1.56. The number of pyridine rings is 1. The fourth-order valence-corrected chi connectivity index (χ4v) is 3.49. The minimum absolute atomic E-state index is 0.0726. The van der Waals surface area contributed by atoms with Crippen LogP contribution in [0.4, 0.5) is 11.5 Å². The average molecular weight is 385 g/mol. The molecule has 0 bridgehead atoms. The van der Waals surface area contributed by atoms with E-state index >= 15 is 0 Å². The van der Waals surface area contributed by atoms with Crippen LogP contribution < -0.4 is 10.6 Å². The number of hydrogen-bond acceptors (Lipinski definition) is 8. The minimum atomic E-state index is 0.0726. The van der Waals surface area contributed by atoms with Gasteiger partial charge in [0.15, 0.2) is 5.82 Å². The van der Waals surface area contributed by atoms with Crippen LogP contribution in [0.1, 0.15) is 30.9 Å². The van der Waals surface area contributed by atoms with Gasteiger partial charge in [0, 0.05) is 25.5 Å². The predicted molar refractivity (Wildman–Crippen MR) is 110 cm³/mol. The molecule has 27 heavy (non-hydrogen) atoms. The van der Waals surface area contributed by atoms with Gasteiger partial charge in [-0.25, -0.2) is 15.0 Å². The van der Waals surface area contributed by atoms with Crippen LogP contribution in [0, 0.1) is 18.3 Å². The van der Waals surface area contributed by atoms with Crippen molar-refractivity contribution >= 4 is 28.6 Å². The van der Waals surface area contributed by atoms with Crippen molar-refractivity contribution in [2.45, 2.75) is 27.3 Å². The Bertz CT molecular complexity index is 956. The first-order valence-corrected chi connectivity index (χ1v) is 9.59. The number of hydrogen-bond donors (Lipinski definition) is 3. The van der Waals surface area contributed by atoms with Gasteiger partial charge in [-0.2, -0.15) is 5.10 Å². The van der Waals surface area contributed by atoms with Gasteiger partial charge in [-0.05, 0) is 18.9 Å². The third-order valence-electron chi connectivity index (χ3n) is 4.17. The number of aromatic nitrogens is 5. The van der Waals surface area contributed by atoms with Crippen molar-refractivity contribution in [1.29, 1.82) is 5.41 Å². The highest BCUT2D eigenvalue weighted by Crippen LogP contribution is 2.34. The molecule has 0 aliphatic rings. The standard InChI is InChI=1S/C18H24N8S/c1-10(2)16(19)15-12(21-7-14-22-8-26(5)25-14)6-13(24-18(15)20-4)17-11(3)23-9-27-17/h6,8-10,19H,7H2,1-5H3,(H2,20,21,24). The number of thiazole rings is 1. The quantitative estimate of drug-likeness (QED) is 0.540. The number of anilines is 2. The van der Waals surface area contributed by atoms with Gasteiger partial charge in [-0.3, -0.25) is 4.68 Å². The number of nitrogens with zero attached hydrogens (tertiary/aromatic N) is 5. The van der Waals surface area contributed by atoms with E-state index in [-0.39, 0.29) is 5.92 Å². The van der Waals surface area contributed by atoms with Gasteiger partial charge < -0.3 is 16.0 Å². The Balaban J connectivity index is 2.07. The molecule has 3 aromatic heterocycles. The van der Waals surface area contributed by atoms with Crippen molar-refractivity contribution in [3.05, 3.63) is 35.0 Å². The lowest BCUT2D eigenvalue weighted by Crippen LogP contribution is -2.16. The third-order valence-corrected chi connectivity index (χ3v) is 5.12. The highest BCUT2D eigenvalue weighted by molar-refractivity contribution is 7.13. The molecule has 8 nitrogen and oxygen atoms in total. The summed E-state index contributed by atoms with van der Waals surface area (Å²) in [7, 11) is 3.67. The smallest absolute Gasteiger partial charge is 0.169 e. The zero-order valence-corrected chi connectivity index (χ0v) is 17.0. The highest BCUT2D eigenvalue weighted by atomic mass is 32.1. The van der Waals surface area contributed by atoms with Crippen LogP contribution in [0.3, 0.4) is 0 Å². The van der Waals surface area contributed by atoms with E-state index < -0.39 is 0 Å². The number of nitrogens with one attached hydrogen (secondary N) is 3. The van der Waals surface area contributed by atoms with E-state index in [1.54, 1.807) is 22.3 Å². The van der Waals surface area contributed by atoms with Crippen LogP contribution in [0.2, 0.25) is 0 Å². The Morgan fingerprint density at radius 1 is 1.33 bits per heavy atom. The molecular formula is C18H24N8S. The monoisotopic (exact) mass is 384 g/mol. The molecule has 0 aliphatic heterocycles.